The molecule has 1 aliphatic heterocycles. The summed E-state index contributed by atoms with van der Waals surface area (Å²) in [6.07, 6.45) is -0.320. The van der Waals surface area contributed by atoms with E-state index in [1.54, 1.807) is 11.0 Å². The fourth-order valence-corrected chi connectivity index (χ4v) is 3.35. The lowest BCUT2D eigenvalue weighted by atomic mass is 10.0. The Labute approximate surface area is 176 Å². The third-order valence-electron chi connectivity index (χ3n) is 5.02. The van der Waals surface area contributed by atoms with Gasteiger partial charge in [-0.1, -0.05) is 38.1 Å². The average molecular weight is 414 g/mol. The smallest absolute Gasteiger partial charge is 0.254 e. The van der Waals surface area contributed by atoms with Crippen molar-refractivity contribution in [2.75, 3.05) is 19.7 Å². The molecular formula is C23H27FN2O4. The minimum atomic E-state index is -0.783. The normalized spacial score (nSPS) is 16.1. The van der Waals surface area contributed by atoms with Gasteiger partial charge in [-0.05, 0) is 37.1 Å². The number of para-hydroxylation sites is 2. The first-order valence-corrected chi connectivity index (χ1v) is 10.1. The van der Waals surface area contributed by atoms with Crippen molar-refractivity contribution in [3.8, 4) is 11.5 Å². The van der Waals surface area contributed by atoms with Crippen LogP contribution < -0.4 is 14.8 Å². The van der Waals surface area contributed by atoms with E-state index in [0.717, 1.165) is 0 Å². The first-order valence-electron chi connectivity index (χ1n) is 10.1. The van der Waals surface area contributed by atoms with Crippen molar-refractivity contribution in [1.82, 2.24) is 10.2 Å². The number of hydrogen-bond donors (Lipinski definition) is 1. The third kappa shape index (κ3) is 4.90. The van der Waals surface area contributed by atoms with Gasteiger partial charge in [-0.3, -0.25) is 9.59 Å². The predicted octanol–water partition coefficient (Wildman–Crippen LogP) is 3.27. The van der Waals surface area contributed by atoms with Crippen LogP contribution in [-0.4, -0.2) is 48.6 Å². The Morgan fingerprint density at radius 2 is 1.80 bits per heavy atom. The summed E-state index contributed by atoms with van der Waals surface area (Å²) in [5.41, 5.74) is -0.0837. The minimum absolute atomic E-state index is 0.0837. The van der Waals surface area contributed by atoms with Gasteiger partial charge in [-0.25, -0.2) is 4.39 Å². The van der Waals surface area contributed by atoms with Crippen molar-refractivity contribution < 1.29 is 23.5 Å². The molecule has 0 saturated carbocycles. The number of nitrogens with zero attached hydrogens (tertiary/aromatic N) is 1. The summed E-state index contributed by atoms with van der Waals surface area (Å²) in [6, 6.07) is 12.3. The number of fused-ring (bicyclic) bond motifs is 1. The molecule has 2 atom stereocenters. The Hall–Kier alpha value is -3.09. The van der Waals surface area contributed by atoms with Crippen molar-refractivity contribution in [2.24, 2.45) is 5.92 Å². The maximum absolute atomic E-state index is 14.0. The number of rotatable bonds is 7. The van der Waals surface area contributed by atoms with E-state index in [1.165, 1.54) is 18.2 Å². The Morgan fingerprint density at radius 3 is 2.47 bits per heavy atom. The first kappa shape index (κ1) is 21.6. The number of carbonyl (C=O) groups excluding carboxylic acids is 2. The third-order valence-corrected chi connectivity index (χ3v) is 5.02. The van der Waals surface area contributed by atoms with Crippen molar-refractivity contribution in [2.45, 2.75) is 32.9 Å². The molecule has 2 unspecified atom stereocenters. The molecule has 0 fully saturated rings. The fraction of sp³-hybridized carbons (Fsp3) is 0.391. The highest BCUT2D eigenvalue weighted by molar-refractivity contribution is 5.97. The second-order valence-corrected chi connectivity index (χ2v) is 7.55. The van der Waals surface area contributed by atoms with Crippen LogP contribution in [-0.2, 0) is 4.79 Å². The summed E-state index contributed by atoms with van der Waals surface area (Å²) in [6.45, 7) is 6.64. The van der Waals surface area contributed by atoms with Gasteiger partial charge in [0.1, 0.15) is 18.5 Å². The van der Waals surface area contributed by atoms with Gasteiger partial charge >= 0.3 is 0 Å². The molecule has 0 bridgehead atoms. The lowest BCUT2D eigenvalue weighted by Crippen LogP contribution is -2.54. The second kappa shape index (κ2) is 9.61. The number of benzene rings is 2. The minimum Gasteiger partial charge on any atom is -0.486 e. The number of carbonyl (C=O) groups is 2. The number of nitrogens with one attached hydrogen (secondary N) is 1. The zero-order valence-electron chi connectivity index (χ0n) is 17.4. The van der Waals surface area contributed by atoms with Gasteiger partial charge in [-0.2, -0.15) is 0 Å². The van der Waals surface area contributed by atoms with Gasteiger partial charge in [0.2, 0.25) is 5.91 Å². The highest BCUT2D eigenvalue weighted by Crippen LogP contribution is 2.31. The van der Waals surface area contributed by atoms with Crippen LogP contribution in [0.25, 0.3) is 0 Å². The molecule has 0 saturated heterocycles. The van der Waals surface area contributed by atoms with Crippen molar-refractivity contribution in [3.05, 3.63) is 59.9 Å². The quantitative estimate of drug-likeness (QED) is 0.755. The van der Waals surface area contributed by atoms with Crippen molar-refractivity contribution in [3.63, 3.8) is 0 Å². The standard InChI is InChI=1S/C23H27FN2O4/c1-4-26(13-16-14-29-19-11-7-8-12-20(19)30-16)23(28)21(15(2)3)25-22(27)17-9-5-6-10-18(17)24/h5-12,15-16,21H,4,13-14H2,1-3H3,(H,25,27). The Morgan fingerprint density at radius 1 is 1.13 bits per heavy atom. The molecule has 0 aliphatic carbocycles. The number of ether oxygens (including phenoxy) is 2. The van der Waals surface area contributed by atoms with Gasteiger partial charge in [0.25, 0.3) is 5.91 Å². The Bertz CT molecular complexity index is 902. The highest BCUT2D eigenvalue weighted by Gasteiger charge is 2.31. The molecular weight excluding hydrogens is 387 g/mol. The molecule has 2 aromatic carbocycles. The molecule has 1 heterocycles. The summed E-state index contributed by atoms with van der Waals surface area (Å²) in [4.78, 5) is 27.4. The summed E-state index contributed by atoms with van der Waals surface area (Å²) in [5.74, 6) is -0.317. The van der Waals surface area contributed by atoms with E-state index in [1.807, 2.05) is 45.0 Å². The molecule has 1 N–H and O–H groups in total. The summed E-state index contributed by atoms with van der Waals surface area (Å²) >= 11 is 0. The zero-order chi connectivity index (χ0) is 21.7. The van der Waals surface area contributed by atoms with E-state index in [9.17, 15) is 14.0 Å². The first-order chi connectivity index (χ1) is 14.4. The Balaban J connectivity index is 1.69. The van der Waals surface area contributed by atoms with Crippen LogP contribution in [0, 0.1) is 11.7 Å². The van der Waals surface area contributed by atoms with Crippen molar-refractivity contribution >= 4 is 11.8 Å². The maximum Gasteiger partial charge on any atom is 0.254 e. The molecule has 7 heteroatoms. The number of hydrogen-bond acceptors (Lipinski definition) is 4. The SMILES string of the molecule is CCN(CC1COc2ccccc2O1)C(=O)C(NC(=O)c1ccccc1F)C(C)C. The van der Waals surface area contributed by atoms with Gasteiger partial charge in [0.15, 0.2) is 17.6 Å². The molecule has 30 heavy (non-hydrogen) atoms. The van der Waals surface area contributed by atoms with Gasteiger partial charge in [-0.15, -0.1) is 0 Å². The zero-order valence-corrected chi connectivity index (χ0v) is 17.4. The number of amides is 2. The molecule has 160 valence electrons. The van der Waals surface area contributed by atoms with Crippen LogP contribution in [0.1, 0.15) is 31.1 Å². The van der Waals surface area contributed by atoms with E-state index in [-0.39, 0.29) is 23.5 Å². The van der Waals surface area contributed by atoms with E-state index in [2.05, 4.69) is 5.32 Å². The lowest BCUT2D eigenvalue weighted by molar-refractivity contribution is -0.135. The molecule has 3 rings (SSSR count). The summed E-state index contributed by atoms with van der Waals surface area (Å²) < 4.78 is 25.7. The van der Waals surface area contributed by atoms with E-state index >= 15 is 0 Å². The lowest BCUT2D eigenvalue weighted by Gasteiger charge is -2.33. The number of halogens is 1. The maximum atomic E-state index is 14.0. The average Bonchev–Trinajstić information content (AvgIpc) is 2.75. The predicted molar refractivity (Wildman–Crippen MR) is 111 cm³/mol. The molecule has 6 nitrogen and oxygen atoms in total. The Kier molecular flexibility index (Phi) is 6.92. The van der Waals surface area contributed by atoms with Gasteiger partial charge in [0.05, 0.1) is 12.1 Å². The van der Waals surface area contributed by atoms with E-state index in [4.69, 9.17) is 9.47 Å². The van der Waals surface area contributed by atoms with Gasteiger partial charge in [0, 0.05) is 6.54 Å². The monoisotopic (exact) mass is 414 g/mol. The molecule has 2 aromatic rings. The number of likely N-dealkylation sites (N-methyl/N-ethyl adjacent to an activating group) is 1. The van der Waals surface area contributed by atoms with Crippen LogP contribution in [0.3, 0.4) is 0 Å². The van der Waals surface area contributed by atoms with Crippen LogP contribution in [0.2, 0.25) is 0 Å². The van der Waals surface area contributed by atoms with Crippen molar-refractivity contribution in [1.29, 1.82) is 0 Å². The molecule has 0 aromatic heterocycles. The molecule has 1 aliphatic rings. The second-order valence-electron chi connectivity index (χ2n) is 7.55. The molecule has 0 radical (unpaired) electrons. The molecule has 0 spiro atoms. The van der Waals surface area contributed by atoms with E-state index < -0.39 is 17.8 Å². The van der Waals surface area contributed by atoms with Crippen LogP contribution in [0.15, 0.2) is 48.5 Å². The largest absolute Gasteiger partial charge is 0.486 e. The van der Waals surface area contributed by atoms with Crippen LogP contribution in [0.4, 0.5) is 4.39 Å². The molecule has 2 amide bonds. The fourth-order valence-electron chi connectivity index (χ4n) is 3.35. The van der Waals surface area contributed by atoms with E-state index in [0.29, 0.717) is 31.2 Å². The highest BCUT2D eigenvalue weighted by atomic mass is 19.1. The van der Waals surface area contributed by atoms with Crippen LogP contribution >= 0.6 is 0 Å². The summed E-state index contributed by atoms with van der Waals surface area (Å²) in [5, 5.41) is 2.70. The van der Waals surface area contributed by atoms with Crippen LogP contribution in [0.5, 0.6) is 11.5 Å². The van der Waals surface area contributed by atoms with Gasteiger partial charge < -0.3 is 19.7 Å². The summed E-state index contributed by atoms with van der Waals surface area (Å²) in [7, 11) is 0. The topological polar surface area (TPSA) is 67.9 Å².